The predicted molar refractivity (Wildman–Crippen MR) is 149 cm³/mol. The Labute approximate surface area is 227 Å². The van der Waals surface area contributed by atoms with Crippen LogP contribution >= 0.6 is 0 Å². The first-order chi connectivity index (χ1) is 19.4. The zero-order chi connectivity index (χ0) is 27.8. The molecule has 0 spiro atoms. The van der Waals surface area contributed by atoms with Gasteiger partial charge < -0.3 is 11.1 Å². The van der Waals surface area contributed by atoms with Gasteiger partial charge in [-0.2, -0.15) is 5.10 Å². The molecule has 40 heavy (non-hydrogen) atoms. The monoisotopic (exact) mass is 529 g/mol. The molecule has 3 N–H and O–H groups in total. The van der Waals surface area contributed by atoms with Crippen molar-refractivity contribution in [2.45, 2.75) is 13.0 Å². The molecule has 1 amide bonds. The van der Waals surface area contributed by atoms with E-state index in [2.05, 4.69) is 32.3 Å². The molecule has 11 nitrogen and oxygen atoms in total. The number of nitrogens with zero attached hydrogens (tertiary/aromatic N) is 7. The number of nitrogens with one attached hydrogen (secondary N) is 1. The van der Waals surface area contributed by atoms with Crippen molar-refractivity contribution in [3.63, 3.8) is 0 Å². The third-order valence-corrected chi connectivity index (χ3v) is 6.38. The molecule has 5 heterocycles. The summed E-state index contributed by atoms with van der Waals surface area (Å²) in [7, 11) is 1.81. The highest BCUT2D eigenvalue weighted by Gasteiger charge is 2.25. The molecule has 5 aromatic heterocycles. The number of pyridine rings is 1. The lowest BCUT2D eigenvalue weighted by atomic mass is 10.0. The van der Waals surface area contributed by atoms with Crippen molar-refractivity contribution >= 4 is 23.0 Å². The number of amides is 1. The first-order valence-electron chi connectivity index (χ1n) is 12.4. The smallest absolute Gasteiger partial charge is 0.267 e. The van der Waals surface area contributed by atoms with E-state index in [1.54, 1.807) is 60.5 Å². The van der Waals surface area contributed by atoms with Crippen LogP contribution in [-0.4, -0.2) is 39.7 Å². The van der Waals surface area contributed by atoms with Gasteiger partial charge in [0.15, 0.2) is 11.5 Å². The van der Waals surface area contributed by atoms with Crippen LogP contribution in [0.5, 0.6) is 0 Å². The van der Waals surface area contributed by atoms with Crippen molar-refractivity contribution in [2.24, 2.45) is 7.05 Å². The first-order valence-corrected chi connectivity index (χ1v) is 12.4. The van der Waals surface area contributed by atoms with E-state index in [0.717, 1.165) is 0 Å². The minimum Gasteiger partial charge on any atom is -0.381 e. The van der Waals surface area contributed by atoms with E-state index in [1.807, 2.05) is 37.4 Å². The molecule has 1 aromatic carbocycles. The standard InChI is InChI=1S/C29H23N9O2/c1-18(32-28(39)24-26(30)35-37-16-7-15-31-27(24)37)25-23(19-8-4-3-5-9-19)29(40)38-21(10-6-11-22(38)33-25)13-12-20-14-17-36(2)34-20/h3-11,14-18H,1-2H3,(H2,30,35)(H,32,39). The molecule has 0 aliphatic heterocycles. The summed E-state index contributed by atoms with van der Waals surface area (Å²) in [4.78, 5) is 36.6. The van der Waals surface area contributed by atoms with Crippen LogP contribution in [0.1, 0.15) is 40.4 Å². The molecule has 11 heteroatoms. The maximum absolute atomic E-state index is 14.1. The number of nitrogen functional groups attached to an aromatic ring is 1. The fourth-order valence-electron chi connectivity index (χ4n) is 4.55. The molecule has 1 unspecified atom stereocenters. The number of aromatic nitrogens is 7. The highest BCUT2D eigenvalue weighted by atomic mass is 16.2. The van der Waals surface area contributed by atoms with E-state index >= 15 is 0 Å². The van der Waals surface area contributed by atoms with Gasteiger partial charge in [0.2, 0.25) is 0 Å². The lowest BCUT2D eigenvalue weighted by Crippen LogP contribution is -2.31. The van der Waals surface area contributed by atoms with Gasteiger partial charge >= 0.3 is 0 Å². The molecule has 0 aliphatic rings. The van der Waals surface area contributed by atoms with E-state index in [0.29, 0.717) is 39.5 Å². The van der Waals surface area contributed by atoms with Crippen LogP contribution in [0.15, 0.2) is 84.0 Å². The number of carbonyl (C=O) groups is 1. The van der Waals surface area contributed by atoms with E-state index in [1.165, 1.54) is 8.92 Å². The van der Waals surface area contributed by atoms with Crippen LogP contribution in [0.3, 0.4) is 0 Å². The summed E-state index contributed by atoms with van der Waals surface area (Å²) in [5, 5.41) is 11.4. The highest BCUT2D eigenvalue weighted by molar-refractivity contribution is 6.04. The molecule has 6 aromatic rings. The van der Waals surface area contributed by atoms with E-state index in [-0.39, 0.29) is 16.9 Å². The molecule has 0 radical (unpaired) electrons. The van der Waals surface area contributed by atoms with Gasteiger partial charge in [-0.05, 0) is 48.6 Å². The fourth-order valence-corrected chi connectivity index (χ4v) is 4.55. The van der Waals surface area contributed by atoms with Gasteiger partial charge in [-0.25, -0.2) is 14.5 Å². The number of fused-ring (bicyclic) bond motifs is 2. The molecule has 1 atom stereocenters. The molecule has 0 saturated heterocycles. The summed E-state index contributed by atoms with van der Waals surface area (Å²) in [6.45, 7) is 1.77. The molecule has 0 aliphatic carbocycles. The Morgan fingerprint density at radius 3 is 2.60 bits per heavy atom. The van der Waals surface area contributed by atoms with Gasteiger partial charge in [0.05, 0.1) is 17.3 Å². The van der Waals surface area contributed by atoms with Crippen LogP contribution in [0.25, 0.3) is 22.4 Å². The normalized spacial score (nSPS) is 11.8. The minimum absolute atomic E-state index is 0.0503. The van der Waals surface area contributed by atoms with Crippen molar-refractivity contribution < 1.29 is 4.79 Å². The number of hydrogen-bond acceptors (Lipinski definition) is 7. The molecule has 0 saturated carbocycles. The molecule has 0 bridgehead atoms. The topological polar surface area (TPSA) is 138 Å². The lowest BCUT2D eigenvalue weighted by molar-refractivity contribution is 0.0941. The molecule has 6 rings (SSSR count). The minimum atomic E-state index is -0.665. The average Bonchev–Trinajstić information content (AvgIpc) is 3.53. The number of anilines is 1. The fraction of sp³-hybridized carbons (Fsp3) is 0.103. The van der Waals surface area contributed by atoms with Gasteiger partial charge in [-0.1, -0.05) is 36.4 Å². The third-order valence-electron chi connectivity index (χ3n) is 6.38. The van der Waals surface area contributed by atoms with Gasteiger partial charge in [-0.15, -0.1) is 5.10 Å². The van der Waals surface area contributed by atoms with Crippen LogP contribution in [0.4, 0.5) is 5.82 Å². The van der Waals surface area contributed by atoms with Gasteiger partial charge in [0, 0.05) is 25.6 Å². The number of rotatable bonds is 4. The summed E-state index contributed by atoms with van der Waals surface area (Å²) >= 11 is 0. The van der Waals surface area contributed by atoms with Crippen LogP contribution in [0, 0.1) is 11.8 Å². The SMILES string of the molecule is CC(NC(=O)c1c(N)nn2cccnc12)c1nc2cccc(C#Cc3ccn(C)n3)n2c(=O)c1-c1ccccc1. The first kappa shape index (κ1) is 24.6. The Hall–Kier alpha value is -5.76. The average molecular weight is 530 g/mol. The summed E-state index contributed by atoms with van der Waals surface area (Å²) in [6, 6.07) is 17.3. The maximum Gasteiger partial charge on any atom is 0.267 e. The van der Waals surface area contributed by atoms with Crippen LogP contribution in [0.2, 0.25) is 0 Å². The van der Waals surface area contributed by atoms with E-state index in [9.17, 15) is 9.59 Å². The zero-order valence-electron chi connectivity index (χ0n) is 21.6. The van der Waals surface area contributed by atoms with Gasteiger partial charge in [0.1, 0.15) is 22.6 Å². The summed E-state index contributed by atoms with van der Waals surface area (Å²) in [5.41, 5.74) is 9.08. The third kappa shape index (κ3) is 4.33. The second-order valence-electron chi connectivity index (χ2n) is 9.12. The van der Waals surface area contributed by atoms with Crippen molar-refractivity contribution in [3.8, 4) is 23.0 Å². The Balaban J connectivity index is 1.48. The van der Waals surface area contributed by atoms with Crippen molar-refractivity contribution in [1.82, 2.24) is 39.1 Å². The summed E-state index contributed by atoms with van der Waals surface area (Å²) in [5.74, 6) is 5.64. The van der Waals surface area contributed by atoms with Crippen LogP contribution < -0.4 is 16.6 Å². The van der Waals surface area contributed by atoms with E-state index in [4.69, 9.17) is 10.7 Å². The van der Waals surface area contributed by atoms with Crippen molar-refractivity contribution in [2.75, 3.05) is 5.73 Å². The second kappa shape index (κ2) is 9.85. The number of hydrogen-bond donors (Lipinski definition) is 2. The Morgan fingerprint density at radius 2 is 1.82 bits per heavy atom. The largest absolute Gasteiger partial charge is 0.381 e. The zero-order valence-corrected chi connectivity index (χ0v) is 21.6. The van der Waals surface area contributed by atoms with Crippen LogP contribution in [-0.2, 0) is 7.05 Å². The maximum atomic E-state index is 14.1. The van der Waals surface area contributed by atoms with Crippen molar-refractivity contribution in [3.05, 3.63) is 112 Å². The second-order valence-corrected chi connectivity index (χ2v) is 9.12. The van der Waals surface area contributed by atoms with Gasteiger partial charge in [0.25, 0.3) is 11.5 Å². The van der Waals surface area contributed by atoms with Crippen molar-refractivity contribution in [1.29, 1.82) is 0 Å². The summed E-state index contributed by atoms with van der Waals surface area (Å²) in [6.07, 6.45) is 5.02. The number of carbonyl (C=O) groups excluding carboxylic acids is 1. The van der Waals surface area contributed by atoms with E-state index < -0.39 is 11.9 Å². The lowest BCUT2D eigenvalue weighted by Gasteiger charge is -2.18. The summed E-state index contributed by atoms with van der Waals surface area (Å²) < 4.78 is 4.58. The Kier molecular flexibility index (Phi) is 6.05. The molecule has 196 valence electrons. The Morgan fingerprint density at radius 1 is 1.00 bits per heavy atom. The molecular weight excluding hydrogens is 506 g/mol. The number of aryl methyl sites for hydroxylation is 1. The molecular formula is C29H23N9O2. The quantitative estimate of drug-likeness (QED) is 0.335. The number of nitrogens with two attached hydrogens (primary N) is 1. The van der Waals surface area contributed by atoms with Gasteiger partial charge in [-0.3, -0.25) is 18.7 Å². The predicted octanol–water partition coefficient (Wildman–Crippen LogP) is 2.61. The highest BCUT2D eigenvalue weighted by Crippen LogP contribution is 2.26. The Bertz CT molecular complexity index is 2030. The molecule has 0 fully saturated rings. The number of benzene rings is 1.